The van der Waals surface area contributed by atoms with E-state index >= 15 is 0 Å². The van der Waals surface area contributed by atoms with Gasteiger partial charge in [-0.1, -0.05) is 6.07 Å². The Kier molecular flexibility index (Phi) is 5.20. The van der Waals surface area contributed by atoms with Crippen LogP contribution in [0.3, 0.4) is 0 Å². The van der Waals surface area contributed by atoms with Gasteiger partial charge in [-0.05, 0) is 42.3 Å². The van der Waals surface area contributed by atoms with Crippen molar-refractivity contribution in [2.75, 3.05) is 25.5 Å². The standard InChI is InChI=1S/C22H22FN3O3/c1-29-18-4-2-3-17(11-18)25-22(28)15-9-21(27)26(13-15)8-7-14-12-24-20-6-5-16(23)10-19(14)20/h2-6,10-12,15,24H,7-9,13H2,1H3,(H,25,28)/t15-/m0/s1. The van der Waals surface area contributed by atoms with Crippen molar-refractivity contribution < 1.29 is 18.7 Å². The molecule has 0 radical (unpaired) electrons. The largest absolute Gasteiger partial charge is 0.497 e. The maximum atomic E-state index is 13.5. The topological polar surface area (TPSA) is 74.4 Å². The summed E-state index contributed by atoms with van der Waals surface area (Å²) in [7, 11) is 1.57. The minimum Gasteiger partial charge on any atom is -0.497 e. The van der Waals surface area contributed by atoms with E-state index in [0.29, 0.717) is 30.9 Å². The van der Waals surface area contributed by atoms with E-state index in [9.17, 15) is 14.0 Å². The molecular formula is C22H22FN3O3. The van der Waals surface area contributed by atoms with Crippen LogP contribution in [0.5, 0.6) is 5.75 Å². The van der Waals surface area contributed by atoms with Gasteiger partial charge in [0.2, 0.25) is 11.8 Å². The first-order valence-electron chi connectivity index (χ1n) is 9.51. The summed E-state index contributed by atoms with van der Waals surface area (Å²) < 4.78 is 18.7. The molecule has 29 heavy (non-hydrogen) atoms. The van der Waals surface area contributed by atoms with Crippen LogP contribution < -0.4 is 10.1 Å². The van der Waals surface area contributed by atoms with Crippen LogP contribution in [0, 0.1) is 11.7 Å². The molecule has 1 fully saturated rings. The molecule has 2 amide bonds. The summed E-state index contributed by atoms with van der Waals surface area (Å²) in [4.78, 5) is 29.8. The van der Waals surface area contributed by atoms with Crippen molar-refractivity contribution in [3.05, 3.63) is 60.0 Å². The zero-order chi connectivity index (χ0) is 20.4. The average Bonchev–Trinajstić information content (AvgIpc) is 3.29. The number of carbonyl (C=O) groups is 2. The van der Waals surface area contributed by atoms with E-state index in [1.807, 2.05) is 6.20 Å². The molecule has 0 unspecified atom stereocenters. The van der Waals surface area contributed by atoms with Gasteiger partial charge in [0.15, 0.2) is 0 Å². The number of carbonyl (C=O) groups excluding carboxylic acids is 2. The fourth-order valence-corrected chi connectivity index (χ4v) is 3.72. The van der Waals surface area contributed by atoms with Crippen LogP contribution in [0.1, 0.15) is 12.0 Å². The van der Waals surface area contributed by atoms with Crippen LogP contribution in [-0.4, -0.2) is 41.9 Å². The summed E-state index contributed by atoms with van der Waals surface area (Å²) in [5.41, 5.74) is 2.46. The Balaban J connectivity index is 1.37. The minimum atomic E-state index is -0.394. The van der Waals surface area contributed by atoms with Crippen molar-refractivity contribution in [3.63, 3.8) is 0 Å². The fraction of sp³-hybridized carbons (Fsp3) is 0.273. The molecule has 0 spiro atoms. The minimum absolute atomic E-state index is 0.0400. The Hall–Kier alpha value is -3.35. The van der Waals surface area contributed by atoms with E-state index in [1.54, 1.807) is 42.3 Å². The maximum absolute atomic E-state index is 13.5. The van der Waals surface area contributed by atoms with Crippen molar-refractivity contribution in [3.8, 4) is 5.75 Å². The lowest BCUT2D eigenvalue weighted by molar-refractivity contribution is -0.128. The molecule has 7 heteroatoms. The third kappa shape index (κ3) is 4.08. The van der Waals surface area contributed by atoms with Crippen LogP contribution in [0.4, 0.5) is 10.1 Å². The number of hydrogen-bond acceptors (Lipinski definition) is 3. The van der Waals surface area contributed by atoms with Crippen LogP contribution >= 0.6 is 0 Å². The van der Waals surface area contributed by atoms with Gasteiger partial charge in [0.05, 0.1) is 13.0 Å². The van der Waals surface area contributed by atoms with E-state index in [1.165, 1.54) is 12.1 Å². The Labute approximate surface area is 167 Å². The molecule has 0 aliphatic carbocycles. The number of nitrogens with one attached hydrogen (secondary N) is 2. The number of hydrogen-bond donors (Lipinski definition) is 2. The molecule has 2 N–H and O–H groups in total. The quantitative estimate of drug-likeness (QED) is 0.672. The maximum Gasteiger partial charge on any atom is 0.229 e. The smallest absolute Gasteiger partial charge is 0.229 e. The van der Waals surface area contributed by atoms with Gasteiger partial charge in [0, 0.05) is 48.4 Å². The summed E-state index contributed by atoms with van der Waals surface area (Å²) >= 11 is 0. The van der Waals surface area contributed by atoms with Crippen molar-refractivity contribution in [2.24, 2.45) is 5.92 Å². The van der Waals surface area contributed by atoms with Gasteiger partial charge in [0.1, 0.15) is 11.6 Å². The first-order chi connectivity index (χ1) is 14.0. The predicted octanol–water partition coefficient (Wildman–Crippen LogP) is 3.35. The lowest BCUT2D eigenvalue weighted by atomic mass is 10.1. The molecule has 1 atom stereocenters. The van der Waals surface area contributed by atoms with E-state index < -0.39 is 5.92 Å². The van der Waals surface area contributed by atoms with E-state index in [-0.39, 0.29) is 24.1 Å². The number of fused-ring (bicyclic) bond motifs is 1. The number of nitrogens with zero attached hydrogens (tertiary/aromatic N) is 1. The van der Waals surface area contributed by atoms with Gasteiger partial charge in [-0.2, -0.15) is 0 Å². The highest BCUT2D eigenvalue weighted by Gasteiger charge is 2.34. The number of methoxy groups -OCH3 is 1. The van der Waals surface area contributed by atoms with Gasteiger partial charge in [0.25, 0.3) is 0 Å². The molecule has 1 aromatic heterocycles. The molecule has 4 rings (SSSR count). The number of benzene rings is 2. The van der Waals surface area contributed by atoms with E-state index in [2.05, 4.69) is 10.3 Å². The first kappa shape index (κ1) is 19.0. The van der Waals surface area contributed by atoms with Crippen molar-refractivity contribution in [1.29, 1.82) is 0 Å². The molecule has 3 aromatic rings. The highest BCUT2D eigenvalue weighted by molar-refractivity contribution is 5.97. The lowest BCUT2D eigenvalue weighted by Gasteiger charge is -2.16. The highest BCUT2D eigenvalue weighted by Crippen LogP contribution is 2.24. The van der Waals surface area contributed by atoms with Gasteiger partial charge in [-0.25, -0.2) is 4.39 Å². The van der Waals surface area contributed by atoms with Gasteiger partial charge in [-0.15, -0.1) is 0 Å². The summed E-state index contributed by atoms with van der Waals surface area (Å²) in [6.07, 6.45) is 2.63. The van der Waals surface area contributed by atoms with Gasteiger partial charge in [-0.3, -0.25) is 9.59 Å². The molecule has 6 nitrogen and oxygen atoms in total. The molecule has 0 saturated carbocycles. The number of H-pyrrole nitrogens is 1. The average molecular weight is 395 g/mol. The summed E-state index contributed by atoms with van der Waals surface area (Å²) in [5, 5.41) is 3.68. The number of amides is 2. The molecule has 0 bridgehead atoms. The van der Waals surface area contributed by atoms with Crippen molar-refractivity contribution in [1.82, 2.24) is 9.88 Å². The van der Waals surface area contributed by atoms with Crippen LogP contribution in [0.2, 0.25) is 0 Å². The second-order valence-electron chi connectivity index (χ2n) is 7.22. The van der Waals surface area contributed by atoms with Crippen molar-refractivity contribution in [2.45, 2.75) is 12.8 Å². The second-order valence-corrected chi connectivity index (χ2v) is 7.22. The number of aromatic amines is 1. The number of halogens is 1. The Morgan fingerprint density at radius 3 is 3.00 bits per heavy atom. The van der Waals surface area contributed by atoms with Crippen LogP contribution in [0.15, 0.2) is 48.7 Å². The SMILES string of the molecule is COc1cccc(NC(=O)[C@H]2CC(=O)N(CCc3c[nH]c4ccc(F)cc34)C2)c1. The molecule has 150 valence electrons. The molecule has 2 aromatic carbocycles. The molecule has 1 aliphatic rings. The van der Waals surface area contributed by atoms with Gasteiger partial charge < -0.3 is 19.9 Å². The zero-order valence-corrected chi connectivity index (χ0v) is 16.1. The third-order valence-electron chi connectivity index (χ3n) is 5.30. The predicted molar refractivity (Wildman–Crippen MR) is 108 cm³/mol. The van der Waals surface area contributed by atoms with Crippen LogP contribution in [0.25, 0.3) is 10.9 Å². The van der Waals surface area contributed by atoms with Crippen molar-refractivity contribution >= 4 is 28.4 Å². The lowest BCUT2D eigenvalue weighted by Crippen LogP contribution is -2.30. The molecule has 1 aliphatic heterocycles. The van der Waals surface area contributed by atoms with E-state index in [4.69, 9.17) is 4.74 Å². The molecule has 1 saturated heterocycles. The number of anilines is 1. The monoisotopic (exact) mass is 395 g/mol. The normalized spacial score (nSPS) is 16.4. The zero-order valence-electron chi connectivity index (χ0n) is 16.1. The number of rotatable bonds is 6. The summed E-state index contributed by atoms with van der Waals surface area (Å²) in [6, 6.07) is 11.7. The Morgan fingerprint density at radius 2 is 2.17 bits per heavy atom. The summed E-state index contributed by atoms with van der Waals surface area (Å²) in [5.74, 6) is -0.244. The second kappa shape index (κ2) is 7.95. The molecule has 2 heterocycles. The molecular weight excluding hydrogens is 373 g/mol. The highest BCUT2D eigenvalue weighted by atomic mass is 19.1. The van der Waals surface area contributed by atoms with Gasteiger partial charge >= 0.3 is 0 Å². The first-order valence-corrected chi connectivity index (χ1v) is 9.51. The summed E-state index contributed by atoms with van der Waals surface area (Å²) in [6.45, 7) is 0.872. The number of likely N-dealkylation sites (tertiary alicyclic amines) is 1. The fourth-order valence-electron chi connectivity index (χ4n) is 3.72. The Morgan fingerprint density at radius 1 is 1.31 bits per heavy atom. The number of ether oxygens (including phenoxy) is 1. The third-order valence-corrected chi connectivity index (χ3v) is 5.30. The van der Waals surface area contributed by atoms with E-state index in [0.717, 1.165) is 16.5 Å². The van der Waals surface area contributed by atoms with Crippen LogP contribution in [-0.2, 0) is 16.0 Å². The number of aromatic nitrogens is 1. The Bertz CT molecular complexity index is 1060.